The van der Waals surface area contributed by atoms with Crippen LogP contribution >= 0.6 is 0 Å². The average molecular weight is 330 g/mol. The number of nitrogens with one attached hydrogen (secondary N) is 1. The molecule has 128 valence electrons. The number of H-pyrrole nitrogens is 1. The number of aromatic amines is 1. The number of hydrogen-bond donors (Lipinski definition) is 2. The number of aromatic hydroxyl groups is 1. The molecule has 0 spiro atoms. The zero-order valence-electron chi connectivity index (χ0n) is 14.1. The van der Waals surface area contributed by atoms with Crippen molar-refractivity contribution >= 4 is 6.21 Å². The Morgan fingerprint density at radius 1 is 1.25 bits per heavy atom. The van der Waals surface area contributed by atoms with Gasteiger partial charge in [0.25, 0.3) is 5.56 Å². The van der Waals surface area contributed by atoms with E-state index < -0.39 is 17.1 Å². The van der Waals surface area contributed by atoms with Gasteiger partial charge in [0.15, 0.2) is 0 Å². The van der Waals surface area contributed by atoms with E-state index >= 15 is 0 Å². The summed E-state index contributed by atoms with van der Waals surface area (Å²) in [6.45, 7) is 3.23. The van der Waals surface area contributed by atoms with E-state index in [9.17, 15) is 14.7 Å². The van der Waals surface area contributed by atoms with Crippen molar-refractivity contribution in [3.8, 4) is 11.6 Å². The van der Waals surface area contributed by atoms with E-state index in [4.69, 9.17) is 0 Å². The topological polar surface area (TPSA) is 90.7 Å². The summed E-state index contributed by atoms with van der Waals surface area (Å²) in [7, 11) is 3.83. The number of aromatic nitrogens is 2. The number of benzene rings is 1. The van der Waals surface area contributed by atoms with Crippen LogP contribution in [0.1, 0.15) is 18.1 Å². The molecule has 2 N–H and O–H groups in total. The lowest BCUT2D eigenvalue weighted by Gasteiger charge is -2.10. The molecule has 2 rings (SSSR count). The monoisotopic (exact) mass is 330 g/mol. The molecular formula is C17H22N4O3. The van der Waals surface area contributed by atoms with Crippen LogP contribution in [-0.4, -0.2) is 53.0 Å². The highest BCUT2D eigenvalue weighted by Gasteiger charge is 2.14. The molecule has 0 radical (unpaired) electrons. The Balaban J connectivity index is 2.44. The molecule has 0 atom stereocenters. The van der Waals surface area contributed by atoms with Crippen LogP contribution in [0.15, 0.2) is 38.8 Å². The van der Waals surface area contributed by atoms with Gasteiger partial charge in [-0.2, -0.15) is 0 Å². The van der Waals surface area contributed by atoms with E-state index in [2.05, 4.69) is 9.98 Å². The molecule has 0 unspecified atom stereocenters. The normalized spacial score (nSPS) is 11.5. The lowest BCUT2D eigenvalue weighted by atomic mass is 10.1. The lowest BCUT2D eigenvalue weighted by Crippen LogP contribution is -2.31. The second-order valence-electron chi connectivity index (χ2n) is 5.69. The maximum atomic E-state index is 12.1. The van der Waals surface area contributed by atoms with E-state index in [1.54, 1.807) is 12.1 Å². The summed E-state index contributed by atoms with van der Waals surface area (Å²) >= 11 is 0. The zero-order valence-corrected chi connectivity index (χ0v) is 14.1. The first-order valence-corrected chi connectivity index (χ1v) is 7.76. The number of nitrogens with zero attached hydrogens (tertiary/aromatic N) is 3. The van der Waals surface area contributed by atoms with Gasteiger partial charge >= 0.3 is 5.69 Å². The van der Waals surface area contributed by atoms with Crippen LogP contribution < -0.4 is 11.2 Å². The largest absolute Gasteiger partial charge is 0.493 e. The van der Waals surface area contributed by atoms with Crippen molar-refractivity contribution in [1.29, 1.82) is 0 Å². The van der Waals surface area contributed by atoms with Gasteiger partial charge in [-0.25, -0.2) is 9.36 Å². The van der Waals surface area contributed by atoms with Crippen LogP contribution in [0.3, 0.4) is 0 Å². The molecule has 0 fully saturated rings. The number of likely N-dealkylation sites (N-methyl/N-ethyl adjacent to an activating group) is 1. The van der Waals surface area contributed by atoms with E-state index in [-0.39, 0.29) is 5.56 Å². The summed E-state index contributed by atoms with van der Waals surface area (Å²) < 4.78 is 1.06. The molecule has 0 aliphatic carbocycles. The molecule has 7 heteroatoms. The molecule has 0 saturated carbocycles. The van der Waals surface area contributed by atoms with Crippen LogP contribution in [0, 0.1) is 0 Å². The first-order valence-electron chi connectivity index (χ1n) is 7.76. The minimum absolute atomic E-state index is 0.0343. The number of aliphatic imine (C=N–C) groups is 1. The third kappa shape index (κ3) is 3.99. The fourth-order valence-corrected chi connectivity index (χ4v) is 2.19. The quantitative estimate of drug-likeness (QED) is 0.766. The van der Waals surface area contributed by atoms with Gasteiger partial charge in [0.1, 0.15) is 5.56 Å². The highest BCUT2D eigenvalue weighted by Crippen LogP contribution is 2.16. The molecule has 1 aromatic carbocycles. The summed E-state index contributed by atoms with van der Waals surface area (Å²) in [5, 5.41) is 10.4. The van der Waals surface area contributed by atoms with Gasteiger partial charge in [-0.1, -0.05) is 19.1 Å². The van der Waals surface area contributed by atoms with Crippen molar-refractivity contribution in [2.75, 3.05) is 27.2 Å². The van der Waals surface area contributed by atoms with Gasteiger partial charge in [0, 0.05) is 12.8 Å². The summed E-state index contributed by atoms with van der Waals surface area (Å²) in [5.41, 5.74) is 0.211. The minimum atomic E-state index is -0.688. The van der Waals surface area contributed by atoms with Crippen LogP contribution in [0.4, 0.5) is 0 Å². The van der Waals surface area contributed by atoms with Crippen LogP contribution in [0.5, 0.6) is 5.88 Å². The Labute approximate surface area is 139 Å². The number of rotatable bonds is 6. The molecule has 24 heavy (non-hydrogen) atoms. The van der Waals surface area contributed by atoms with Crippen molar-refractivity contribution in [2.45, 2.75) is 13.3 Å². The summed E-state index contributed by atoms with van der Waals surface area (Å²) in [6.07, 6.45) is 2.17. The molecular weight excluding hydrogens is 308 g/mol. The maximum Gasteiger partial charge on any atom is 0.335 e. The Kier molecular flexibility index (Phi) is 5.70. The van der Waals surface area contributed by atoms with Crippen molar-refractivity contribution in [3.05, 3.63) is 56.2 Å². The van der Waals surface area contributed by atoms with Crippen molar-refractivity contribution in [1.82, 2.24) is 14.5 Å². The first kappa shape index (κ1) is 17.7. The molecule has 1 aromatic heterocycles. The van der Waals surface area contributed by atoms with Gasteiger partial charge < -0.3 is 10.0 Å². The van der Waals surface area contributed by atoms with Gasteiger partial charge in [-0.15, -0.1) is 0 Å². The van der Waals surface area contributed by atoms with E-state index in [0.717, 1.165) is 16.6 Å². The number of hydrogen-bond acceptors (Lipinski definition) is 5. The van der Waals surface area contributed by atoms with Crippen molar-refractivity contribution < 1.29 is 5.11 Å². The van der Waals surface area contributed by atoms with Crippen molar-refractivity contribution in [2.24, 2.45) is 4.99 Å². The molecule has 0 amide bonds. The third-order valence-corrected chi connectivity index (χ3v) is 3.62. The van der Waals surface area contributed by atoms with Gasteiger partial charge in [-0.3, -0.25) is 14.8 Å². The third-order valence-electron chi connectivity index (χ3n) is 3.62. The first-order chi connectivity index (χ1) is 11.4. The average Bonchev–Trinajstić information content (AvgIpc) is 2.54. The summed E-state index contributed by atoms with van der Waals surface area (Å²) in [6, 6.07) is 7.20. The number of aryl methyl sites for hydroxylation is 1. The Bertz CT molecular complexity index is 832. The fourth-order valence-electron chi connectivity index (χ4n) is 2.19. The predicted octanol–water partition coefficient (Wildman–Crippen LogP) is 0.774. The Hall–Kier alpha value is -2.67. The predicted molar refractivity (Wildman–Crippen MR) is 94.7 cm³/mol. The van der Waals surface area contributed by atoms with Crippen molar-refractivity contribution in [3.63, 3.8) is 0 Å². The minimum Gasteiger partial charge on any atom is -0.493 e. The van der Waals surface area contributed by atoms with E-state index in [1.165, 1.54) is 6.21 Å². The highest BCUT2D eigenvalue weighted by molar-refractivity contribution is 5.82. The molecule has 1 heterocycles. The van der Waals surface area contributed by atoms with E-state index in [0.29, 0.717) is 18.8 Å². The molecule has 0 saturated heterocycles. The van der Waals surface area contributed by atoms with Crippen LogP contribution in [0.2, 0.25) is 0 Å². The van der Waals surface area contributed by atoms with Gasteiger partial charge in [0.05, 0.1) is 12.2 Å². The second-order valence-corrected chi connectivity index (χ2v) is 5.69. The molecule has 0 aliphatic heterocycles. The molecule has 7 nitrogen and oxygen atoms in total. The molecule has 0 aliphatic rings. The van der Waals surface area contributed by atoms with Crippen LogP contribution in [-0.2, 0) is 6.42 Å². The SMILES string of the molecule is CCc1ccc(-n2c(O)c(C=NCCN(C)C)c(=O)[nH]c2=O)cc1. The molecule has 2 aromatic rings. The maximum absolute atomic E-state index is 12.1. The standard InChI is InChI=1S/C17H22N4O3/c1-4-12-5-7-13(8-6-12)21-16(23)14(15(22)19-17(21)24)11-18-9-10-20(2)3/h5-8,11,23H,4,9-10H2,1-3H3,(H,19,22,24). The second kappa shape index (κ2) is 7.74. The summed E-state index contributed by atoms with van der Waals surface area (Å²) in [4.78, 5) is 32.3. The van der Waals surface area contributed by atoms with Gasteiger partial charge in [-0.05, 0) is 38.2 Å². The smallest absolute Gasteiger partial charge is 0.335 e. The van der Waals surface area contributed by atoms with Gasteiger partial charge in [0.2, 0.25) is 5.88 Å². The highest BCUT2D eigenvalue weighted by atomic mass is 16.3. The van der Waals surface area contributed by atoms with Crippen LogP contribution in [0.25, 0.3) is 5.69 Å². The summed E-state index contributed by atoms with van der Waals surface area (Å²) in [5.74, 6) is -0.415. The Morgan fingerprint density at radius 2 is 1.92 bits per heavy atom. The Morgan fingerprint density at radius 3 is 2.50 bits per heavy atom. The van der Waals surface area contributed by atoms with E-state index in [1.807, 2.05) is 38.1 Å². The lowest BCUT2D eigenvalue weighted by molar-refractivity contribution is 0.420. The fraction of sp³-hybridized carbons (Fsp3) is 0.353. The molecule has 0 bridgehead atoms. The zero-order chi connectivity index (χ0) is 17.7.